The van der Waals surface area contributed by atoms with E-state index in [0.29, 0.717) is 18.7 Å². The summed E-state index contributed by atoms with van der Waals surface area (Å²) in [6.07, 6.45) is 20.5. The zero-order valence-electron chi connectivity index (χ0n) is 20.9. The fourth-order valence-electron chi connectivity index (χ4n) is 4.98. The second-order valence-corrected chi connectivity index (χ2v) is 9.76. The van der Waals surface area contributed by atoms with Crippen molar-refractivity contribution in [2.24, 2.45) is 7.05 Å². The molecule has 4 aromatic rings. The summed E-state index contributed by atoms with van der Waals surface area (Å²) >= 11 is 0. The van der Waals surface area contributed by atoms with Crippen LogP contribution in [0.15, 0.2) is 61.4 Å². The van der Waals surface area contributed by atoms with Crippen LogP contribution in [-0.2, 0) is 7.05 Å². The van der Waals surface area contributed by atoms with Crippen molar-refractivity contribution in [3.63, 3.8) is 0 Å². The van der Waals surface area contributed by atoms with Gasteiger partial charge in [0.1, 0.15) is 0 Å². The molecule has 6 rings (SSSR count). The lowest BCUT2D eigenvalue weighted by atomic mass is 9.96. The average molecular weight is 486 g/mol. The summed E-state index contributed by atoms with van der Waals surface area (Å²) in [7, 11) is 1.92. The first-order valence-corrected chi connectivity index (χ1v) is 13.0. The van der Waals surface area contributed by atoms with Gasteiger partial charge >= 0.3 is 0 Å². The van der Waals surface area contributed by atoms with Gasteiger partial charge in [0, 0.05) is 60.1 Å². The molecular formula is C28H35N7O. The number of rotatable bonds is 5. The number of aliphatic hydroxyl groups is 1. The van der Waals surface area contributed by atoms with Gasteiger partial charge in [0.25, 0.3) is 0 Å². The smallest absolute Gasteiger partial charge is 0.159 e. The highest BCUT2D eigenvalue weighted by molar-refractivity contribution is 5.70. The maximum absolute atomic E-state index is 8.50. The third-order valence-electron chi connectivity index (χ3n) is 7.08. The molecule has 0 bridgehead atoms. The highest BCUT2D eigenvalue weighted by Crippen LogP contribution is 2.29. The summed E-state index contributed by atoms with van der Waals surface area (Å²) in [6, 6.07) is 9.19. The monoisotopic (exact) mass is 485 g/mol. The van der Waals surface area contributed by atoms with Gasteiger partial charge < -0.3 is 10.4 Å². The first-order chi connectivity index (χ1) is 17.7. The van der Waals surface area contributed by atoms with Gasteiger partial charge in [-0.2, -0.15) is 10.2 Å². The van der Waals surface area contributed by atoms with Gasteiger partial charge in [-0.1, -0.05) is 37.5 Å². The largest absolute Gasteiger partial charge is 0.395 e. The predicted octanol–water partition coefficient (Wildman–Crippen LogP) is 4.64. The standard InChI is InChI=1S/C23H24N6.C5H11NO/c1-28-15-20(13-26-28)17-6-5-7-18(10-17)23-24-11-19(12-25-23)21-14-27-29(16-21)22-8-3-2-4-9-22;7-4-5-2-1-3-6-5/h5-7,10-16,22H,2-4,8-9H2,1H3;5-7H,1-4H2. The van der Waals surface area contributed by atoms with Crippen LogP contribution in [0.25, 0.3) is 33.6 Å². The Morgan fingerprint density at radius 2 is 1.58 bits per heavy atom. The van der Waals surface area contributed by atoms with E-state index in [-0.39, 0.29) is 0 Å². The van der Waals surface area contributed by atoms with Crippen LogP contribution in [0.2, 0.25) is 0 Å². The van der Waals surface area contributed by atoms with Gasteiger partial charge in [0.2, 0.25) is 0 Å². The summed E-state index contributed by atoms with van der Waals surface area (Å²) in [5.74, 6) is 0.721. The summed E-state index contributed by atoms with van der Waals surface area (Å²) in [6.45, 7) is 1.39. The van der Waals surface area contributed by atoms with E-state index in [4.69, 9.17) is 5.11 Å². The maximum Gasteiger partial charge on any atom is 0.159 e. The predicted molar refractivity (Wildman–Crippen MR) is 141 cm³/mol. The number of aromatic nitrogens is 6. The van der Waals surface area contributed by atoms with Crippen molar-refractivity contribution < 1.29 is 5.11 Å². The molecule has 8 heteroatoms. The normalized spacial score (nSPS) is 18.1. The van der Waals surface area contributed by atoms with Gasteiger partial charge in [-0.15, -0.1) is 0 Å². The fraction of sp³-hybridized carbons (Fsp3) is 0.429. The summed E-state index contributed by atoms with van der Waals surface area (Å²) in [5.41, 5.74) is 5.26. The Morgan fingerprint density at radius 1 is 0.833 bits per heavy atom. The molecule has 8 nitrogen and oxygen atoms in total. The molecule has 3 aromatic heterocycles. The van der Waals surface area contributed by atoms with E-state index < -0.39 is 0 Å². The first-order valence-electron chi connectivity index (χ1n) is 13.0. The molecule has 1 aliphatic heterocycles. The Kier molecular flexibility index (Phi) is 7.83. The lowest BCUT2D eigenvalue weighted by Gasteiger charge is -2.21. The Balaban J connectivity index is 0.000000330. The Morgan fingerprint density at radius 3 is 2.25 bits per heavy atom. The zero-order chi connectivity index (χ0) is 24.7. The zero-order valence-corrected chi connectivity index (χ0v) is 20.9. The van der Waals surface area contributed by atoms with E-state index in [1.165, 1.54) is 38.5 Å². The van der Waals surface area contributed by atoms with Crippen molar-refractivity contribution in [3.8, 4) is 33.6 Å². The number of aliphatic hydroxyl groups excluding tert-OH is 1. The Bertz CT molecular complexity index is 1230. The molecule has 4 heterocycles. The molecule has 0 amide bonds. The average Bonchev–Trinajstić information content (AvgIpc) is 3.72. The topological polar surface area (TPSA) is 93.7 Å². The summed E-state index contributed by atoms with van der Waals surface area (Å²) < 4.78 is 3.93. The van der Waals surface area contributed by atoms with Crippen molar-refractivity contribution in [1.29, 1.82) is 0 Å². The number of nitrogens with one attached hydrogen (secondary N) is 1. The van der Waals surface area contributed by atoms with Crippen molar-refractivity contribution in [3.05, 3.63) is 61.4 Å². The third-order valence-corrected chi connectivity index (χ3v) is 7.08. The van der Waals surface area contributed by atoms with Crippen LogP contribution in [0, 0.1) is 0 Å². The number of aryl methyl sites for hydroxylation is 1. The lowest BCUT2D eigenvalue weighted by molar-refractivity contribution is 0.255. The SMILES string of the molecule is Cn1cc(-c2cccc(-c3ncc(-c4cnn(C5CCCCC5)c4)cn3)c2)cn1.OCC1CCCN1. The fourth-order valence-corrected chi connectivity index (χ4v) is 4.98. The van der Waals surface area contributed by atoms with Gasteiger partial charge in [-0.25, -0.2) is 9.97 Å². The first kappa shape index (κ1) is 24.3. The number of hydrogen-bond donors (Lipinski definition) is 2. The molecule has 1 saturated heterocycles. The van der Waals surface area contributed by atoms with Gasteiger partial charge in [-0.05, 0) is 43.9 Å². The number of nitrogens with zero attached hydrogens (tertiary/aromatic N) is 6. The van der Waals surface area contributed by atoms with Crippen LogP contribution in [0.3, 0.4) is 0 Å². The van der Waals surface area contributed by atoms with E-state index in [2.05, 4.69) is 48.5 Å². The molecule has 1 aliphatic carbocycles. The Hall–Kier alpha value is -3.36. The van der Waals surface area contributed by atoms with Crippen molar-refractivity contribution in [2.75, 3.05) is 13.2 Å². The second-order valence-electron chi connectivity index (χ2n) is 9.76. The molecule has 1 atom stereocenters. The van der Waals surface area contributed by atoms with Crippen LogP contribution in [0.4, 0.5) is 0 Å². The molecule has 0 spiro atoms. The molecular weight excluding hydrogens is 450 g/mol. The highest BCUT2D eigenvalue weighted by Gasteiger charge is 2.16. The molecule has 1 aromatic carbocycles. The van der Waals surface area contributed by atoms with E-state index in [0.717, 1.165) is 46.6 Å². The molecule has 2 fully saturated rings. The molecule has 188 valence electrons. The van der Waals surface area contributed by atoms with Crippen molar-refractivity contribution >= 4 is 0 Å². The summed E-state index contributed by atoms with van der Waals surface area (Å²) in [4.78, 5) is 9.24. The minimum absolute atomic E-state index is 0.306. The van der Waals surface area contributed by atoms with Crippen LogP contribution in [-0.4, -0.2) is 53.8 Å². The van der Waals surface area contributed by atoms with Crippen LogP contribution in [0.5, 0.6) is 0 Å². The van der Waals surface area contributed by atoms with Gasteiger partial charge in [0.05, 0.1) is 25.0 Å². The van der Waals surface area contributed by atoms with Gasteiger partial charge in [-0.3, -0.25) is 9.36 Å². The molecule has 2 aliphatic rings. The molecule has 36 heavy (non-hydrogen) atoms. The number of hydrogen-bond acceptors (Lipinski definition) is 6. The van der Waals surface area contributed by atoms with E-state index in [1.54, 1.807) is 4.68 Å². The number of benzene rings is 1. The molecule has 1 unspecified atom stereocenters. The van der Waals surface area contributed by atoms with E-state index in [1.807, 2.05) is 50.2 Å². The second kappa shape index (κ2) is 11.6. The minimum Gasteiger partial charge on any atom is -0.395 e. The third kappa shape index (κ3) is 5.88. The highest BCUT2D eigenvalue weighted by atomic mass is 16.3. The maximum atomic E-state index is 8.50. The van der Waals surface area contributed by atoms with Crippen LogP contribution >= 0.6 is 0 Å². The lowest BCUT2D eigenvalue weighted by Crippen LogP contribution is -2.24. The van der Waals surface area contributed by atoms with E-state index in [9.17, 15) is 0 Å². The summed E-state index contributed by atoms with van der Waals surface area (Å²) in [5, 5.41) is 20.5. The van der Waals surface area contributed by atoms with Crippen molar-refractivity contribution in [1.82, 2.24) is 34.8 Å². The minimum atomic E-state index is 0.306. The van der Waals surface area contributed by atoms with Crippen LogP contribution in [0.1, 0.15) is 51.0 Å². The van der Waals surface area contributed by atoms with Crippen molar-refractivity contribution in [2.45, 2.75) is 57.0 Å². The molecule has 2 N–H and O–H groups in total. The van der Waals surface area contributed by atoms with E-state index >= 15 is 0 Å². The van der Waals surface area contributed by atoms with Crippen LogP contribution < -0.4 is 5.32 Å². The Labute approximate surface area is 212 Å². The quantitative estimate of drug-likeness (QED) is 0.428. The molecule has 1 saturated carbocycles. The van der Waals surface area contributed by atoms with Gasteiger partial charge in [0.15, 0.2) is 5.82 Å². The molecule has 0 radical (unpaired) electrons.